The molecule has 3 N–H and O–H groups in total. The average Bonchev–Trinajstić information content (AvgIpc) is 3.30. The Hall–Kier alpha value is -3.78. The van der Waals surface area contributed by atoms with Crippen molar-refractivity contribution in [3.05, 3.63) is 71.4 Å². The molecule has 4 rings (SSSR count). The van der Waals surface area contributed by atoms with E-state index in [1.54, 1.807) is 10.7 Å². The second kappa shape index (κ2) is 11.3. The smallest absolute Gasteiger partial charge is 0.317 e. The molecule has 8 nitrogen and oxygen atoms in total. The van der Waals surface area contributed by atoms with Crippen LogP contribution in [0.2, 0.25) is 0 Å². The third kappa shape index (κ3) is 6.19. The first-order chi connectivity index (χ1) is 18.0. The minimum Gasteiger partial charge on any atom is -0.317 e. The van der Waals surface area contributed by atoms with Gasteiger partial charge in [-0.3, -0.25) is 14.9 Å². The van der Waals surface area contributed by atoms with Gasteiger partial charge in [-0.05, 0) is 62.5 Å². The maximum Gasteiger partial charge on any atom is 0.324 e. The Morgan fingerprint density at radius 1 is 1.00 bits per heavy atom. The first-order valence-electron chi connectivity index (χ1n) is 13.1. The number of urea groups is 1. The van der Waals surface area contributed by atoms with Crippen LogP contribution in [-0.4, -0.2) is 40.5 Å². The molecule has 2 heterocycles. The number of rotatable bonds is 7. The van der Waals surface area contributed by atoms with Gasteiger partial charge in [0, 0.05) is 24.1 Å². The Kier molecular flexibility index (Phi) is 8.11. The molecule has 200 valence electrons. The van der Waals surface area contributed by atoms with Gasteiger partial charge in [0.1, 0.15) is 5.82 Å². The standard InChI is InChI=1S/C30H37N5O3/c1-19-10-12-22(13-11-19)35-26(18-25(34-35)30(3,4)5)33-29(38)32-24-9-7-6-8-23(24)27(28(37)20(2)36)21-14-16-31-17-15-21/h6-13,18,21,27,31H,14-17H2,1-5H3,(H2,32,33,38). The molecule has 1 fully saturated rings. The van der Waals surface area contributed by atoms with Crippen LogP contribution in [0.3, 0.4) is 0 Å². The van der Waals surface area contributed by atoms with Gasteiger partial charge in [-0.1, -0.05) is 56.7 Å². The van der Waals surface area contributed by atoms with Crippen LogP contribution in [0.1, 0.15) is 63.3 Å². The number of ketones is 2. The molecule has 2 aromatic carbocycles. The van der Waals surface area contributed by atoms with Gasteiger partial charge in [0.15, 0.2) is 5.78 Å². The van der Waals surface area contributed by atoms with Crippen molar-refractivity contribution in [3.63, 3.8) is 0 Å². The second-order valence-electron chi connectivity index (χ2n) is 11.1. The summed E-state index contributed by atoms with van der Waals surface area (Å²) in [6.07, 6.45) is 1.57. The summed E-state index contributed by atoms with van der Waals surface area (Å²) in [4.78, 5) is 38.6. The number of benzene rings is 2. The molecule has 1 atom stereocenters. The van der Waals surface area contributed by atoms with E-state index in [9.17, 15) is 14.4 Å². The number of nitrogens with one attached hydrogen (secondary N) is 3. The van der Waals surface area contributed by atoms with Crippen molar-refractivity contribution in [2.24, 2.45) is 5.92 Å². The normalized spacial score (nSPS) is 15.1. The number of hydrogen-bond donors (Lipinski definition) is 3. The number of amides is 2. The van der Waals surface area contributed by atoms with Gasteiger partial charge in [0.2, 0.25) is 5.78 Å². The predicted octanol–water partition coefficient (Wildman–Crippen LogP) is 5.36. The van der Waals surface area contributed by atoms with E-state index in [2.05, 4.69) is 36.7 Å². The Bertz CT molecular complexity index is 1310. The zero-order chi connectivity index (χ0) is 27.4. The Morgan fingerprint density at radius 2 is 1.66 bits per heavy atom. The highest BCUT2D eigenvalue weighted by Crippen LogP contribution is 2.36. The number of para-hydroxylation sites is 1. The van der Waals surface area contributed by atoms with E-state index in [0.717, 1.165) is 42.9 Å². The van der Waals surface area contributed by atoms with Crippen molar-refractivity contribution in [2.75, 3.05) is 23.7 Å². The topological polar surface area (TPSA) is 105 Å². The summed E-state index contributed by atoms with van der Waals surface area (Å²) in [5.41, 5.74) is 3.76. The molecular formula is C30H37N5O3. The van der Waals surface area contributed by atoms with Gasteiger partial charge in [-0.2, -0.15) is 5.10 Å². The zero-order valence-corrected chi connectivity index (χ0v) is 22.8. The number of carbonyl (C=O) groups is 3. The van der Waals surface area contributed by atoms with Crippen LogP contribution in [0.5, 0.6) is 0 Å². The number of nitrogens with zero attached hydrogens (tertiary/aromatic N) is 2. The van der Waals surface area contributed by atoms with Gasteiger partial charge in [-0.25, -0.2) is 9.48 Å². The van der Waals surface area contributed by atoms with Crippen molar-refractivity contribution >= 4 is 29.1 Å². The lowest BCUT2D eigenvalue weighted by Crippen LogP contribution is -2.36. The maximum atomic E-state index is 13.3. The lowest BCUT2D eigenvalue weighted by molar-refractivity contribution is -0.137. The van der Waals surface area contributed by atoms with E-state index >= 15 is 0 Å². The summed E-state index contributed by atoms with van der Waals surface area (Å²) in [7, 11) is 0. The number of hydrogen-bond acceptors (Lipinski definition) is 5. The largest absolute Gasteiger partial charge is 0.324 e. The molecule has 0 radical (unpaired) electrons. The van der Waals surface area contributed by atoms with Crippen molar-refractivity contribution in [2.45, 2.75) is 58.8 Å². The number of carbonyl (C=O) groups excluding carboxylic acids is 3. The highest BCUT2D eigenvalue weighted by molar-refractivity contribution is 6.38. The third-order valence-electron chi connectivity index (χ3n) is 7.03. The van der Waals surface area contributed by atoms with Gasteiger partial charge >= 0.3 is 6.03 Å². The average molecular weight is 516 g/mol. The highest BCUT2D eigenvalue weighted by atomic mass is 16.2. The van der Waals surface area contributed by atoms with Crippen molar-refractivity contribution in [3.8, 4) is 5.69 Å². The van der Waals surface area contributed by atoms with E-state index in [1.807, 2.05) is 55.5 Å². The fourth-order valence-corrected chi connectivity index (χ4v) is 4.88. The molecule has 1 aliphatic rings. The molecule has 1 aromatic heterocycles. The first-order valence-corrected chi connectivity index (χ1v) is 13.1. The number of piperidine rings is 1. The summed E-state index contributed by atoms with van der Waals surface area (Å²) in [6, 6.07) is 16.6. The minimum absolute atomic E-state index is 0.0241. The van der Waals surface area contributed by atoms with Crippen LogP contribution in [0.25, 0.3) is 5.69 Å². The quantitative estimate of drug-likeness (QED) is 0.367. The highest BCUT2D eigenvalue weighted by Gasteiger charge is 2.34. The second-order valence-corrected chi connectivity index (χ2v) is 11.1. The maximum absolute atomic E-state index is 13.3. The van der Waals surface area contributed by atoms with Crippen LogP contribution in [0, 0.1) is 12.8 Å². The molecule has 0 spiro atoms. The molecule has 2 amide bonds. The molecule has 0 bridgehead atoms. The van der Waals surface area contributed by atoms with Crippen LogP contribution < -0.4 is 16.0 Å². The molecule has 38 heavy (non-hydrogen) atoms. The van der Waals surface area contributed by atoms with Gasteiger partial charge in [0.05, 0.1) is 17.3 Å². The Labute approximate surface area is 224 Å². The molecule has 0 saturated carbocycles. The SMILES string of the molecule is CC(=O)C(=O)C(c1ccccc1NC(=O)Nc1cc(C(C)(C)C)nn1-c1ccc(C)cc1)C1CCNCC1. The molecule has 1 unspecified atom stereocenters. The molecular weight excluding hydrogens is 478 g/mol. The molecule has 1 saturated heterocycles. The van der Waals surface area contributed by atoms with Gasteiger partial charge in [-0.15, -0.1) is 0 Å². The van der Waals surface area contributed by atoms with Crippen molar-refractivity contribution < 1.29 is 14.4 Å². The zero-order valence-electron chi connectivity index (χ0n) is 22.8. The summed E-state index contributed by atoms with van der Waals surface area (Å²) >= 11 is 0. The Balaban J connectivity index is 1.64. The minimum atomic E-state index is -0.600. The summed E-state index contributed by atoms with van der Waals surface area (Å²) in [5, 5.41) is 14.0. The van der Waals surface area contributed by atoms with E-state index in [1.165, 1.54) is 6.92 Å². The van der Waals surface area contributed by atoms with Gasteiger partial charge < -0.3 is 10.6 Å². The van der Waals surface area contributed by atoms with Crippen LogP contribution >= 0.6 is 0 Å². The molecule has 8 heteroatoms. The lowest BCUT2D eigenvalue weighted by atomic mass is 9.76. The van der Waals surface area contributed by atoms with Crippen LogP contribution in [0.4, 0.5) is 16.3 Å². The predicted molar refractivity (Wildman–Crippen MR) is 150 cm³/mol. The van der Waals surface area contributed by atoms with Gasteiger partial charge in [0.25, 0.3) is 0 Å². The van der Waals surface area contributed by atoms with Crippen LogP contribution in [-0.2, 0) is 15.0 Å². The molecule has 1 aliphatic heterocycles. The number of aromatic nitrogens is 2. The molecule has 0 aliphatic carbocycles. The fourth-order valence-electron chi connectivity index (χ4n) is 4.88. The van der Waals surface area contributed by atoms with Crippen molar-refractivity contribution in [1.82, 2.24) is 15.1 Å². The summed E-state index contributed by atoms with van der Waals surface area (Å²) in [6.45, 7) is 11.1. The van der Waals surface area contributed by atoms with E-state index in [4.69, 9.17) is 5.10 Å². The lowest BCUT2D eigenvalue weighted by Gasteiger charge is -2.30. The number of anilines is 2. The van der Waals surface area contributed by atoms with E-state index in [0.29, 0.717) is 17.1 Å². The van der Waals surface area contributed by atoms with Crippen molar-refractivity contribution in [1.29, 1.82) is 0 Å². The Morgan fingerprint density at radius 3 is 2.29 bits per heavy atom. The summed E-state index contributed by atoms with van der Waals surface area (Å²) in [5.74, 6) is -0.931. The van der Waals surface area contributed by atoms with E-state index < -0.39 is 23.5 Å². The fraction of sp³-hybridized carbons (Fsp3) is 0.400. The van der Waals surface area contributed by atoms with Crippen LogP contribution in [0.15, 0.2) is 54.6 Å². The monoisotopic (exact) mass is 515 g/mol. The van der Waals surface area contributed by atoms with E-state index in [-0.39, 0.29) is 11.3 Å². The molecule has 3 aromatic rings. The third-order valence-corrected chi connectivity index (χ3v) is 7.03. The number of Topliss-reactive ketones (excluding diaryl/α,β-unsaturated/α-hetero) is 2. The summed E-state index contributed by atoms with van der Waals surface area (Å²) < 4.78 is 1.72. The number of aryl methyl sites for hydroxylation is 1. The first kappa shape index (κ1) is 27.3.